The Balaban J connectivity index is 2.94. The minimum atomic E-state index is -2.50. The van der Waals surface area contributed by atoms with Crippen molar-refractivity contribution < 1.29 is 13.5 Å². The molecule has 0 amide bonds. The topological polar surface area (TPSA) is 66.1 Å². The van der Waals surface area contributed by atoms with Crippen molar-refractivity contribution in [2.45, 2.75) is 6.42 Å². The van der Waals surface area contributed by atoms with Crippen LogP contribution in [-0.4, -0.2) is 21.6 Å². The van der Waals surface area contributed by atoms with Crippen molar-refractivity contribution in [3.8, 4) is 0 Å². The Hall–Kier alpha value is -0.130. The minimum Gasteiger partial charge on any atom is -0.237 e. The van der Waals surface area contributed by atoms with Gasteiger partial charge in [-0.25, -0.2) is 18.2 Å². The van der Waals surface area contributed by atoms with Crippen molar-refractivity contribution in [3.63, 3.8) is 0 Å². The molecular weight excluding hydrogens is 130 g/mol. The van der Waals surface area contributed by atoms with Gasteiger partial charge in [0.1, 0.15) is 0 Å². The average Bonchev–Trinajstić information content (AvgIpc) is 1.66. The number of hydrogen-bond acceptors (Lipinski definition) is 2. The highest BCUT2D eigenvalue weighted by atomic mass is 32.2. The molecule has 0 rings (SSSR count). The molecule has 1 radical (unpaired) electrons. The first-order chi connectivity index (χ1) is 3.77. The zero-order valence-electron chi connectivity index (χ0n) is 4.29. The summed E-state index contributed by atoms with van der Waals surface area (Å²) < 4.78 is 21.5. The lowest BCUT2D eigenvalue weighted by Crippen LogP contribution is -2.13. The molecular formula is C3H8NO3S. The highest BCUT2D eigenvalue weighted by Crippen LogP contribution is 1.69. The summed E-state index contributed by atoms with van der Waals surface area (Å²) in [4.78, 5) is 0. The fourth-order valence-electron chi connectivity index (χ4n) is 0.243. The first kappa shape index (κ1) is 7.87. The molecule has 0 saturated carbocycles. The number of nitrogens with one attached hydrogen (secondary N) is 1. The summed E-state index contributed by atoms with van der Waals surface area (Å²) >= 11 is 0. The maximum Gasteiger partial charge on any atom is 0.201 e. The van der Waals surface area contributed by atoms with Gasteiger partial charge in [0, 0.05) is 6.54 Å². The second-order valence-electron chi connectivity index (χ2n) is 1.22. The van der Waals surface area contributed by atoms with Crippen LogP contribution in [0.1, 0.15) is 6.42 Å². The lowest BCUT2D eigenvalue weighted by molar-refractivity contribution is 0.190. The van der Waals surface area contributed by atoms with Crippen LogP contribution in [0.15, 0.2) is 0 Å². The average molecular weight is 138 g/mol. The normalized spacial score (nSPS) is 10.2. The molecule has 0 aromatic rings. The summed E-state index contributed by atoms with van der Waals surface area (Å²) in [6, 6.07) is 0. The van der Waals surface area contributed by atoms with E-state index in [2.05, 4.69) is 4.72 Å². The molecule has 0 atom stereocenters. The Morgan fingerprint density at radius 2 is 2.00 bits per heavy atom. The van der Waals surface area contributed by atoms with Crippen molar-refractivity contribution >= 4 is 10.9 Å². The molecule has 0 unspecified atom stereocenters. The van der Waals surface area contributed by atoms with Gasteiger partial charge >= 0.3 is 0 Å². The van der Waals surface area contributed by atoms with E-state index in [1.165, 1.54) is 0 Å². The van der Waals surface area contributed by atoms with Crippen LogP contribution in [-0.2, 0) is 16.0 Å². The summed E-state index contributed by atoms with van der Waals surface area (Å²) in [7, 11) is -2.50. The first-order valence-corrected chi connectivity index (χ1v) is 3.41. The Bertz CT molecular complexity index is 103. The van der Waals surface area contributed by atoms with Crippen LogP contribution in [0.4, 0.5) is 0 Å². The SMILES string of the molecule is [O]CCCN[SH](=O)=O. The van der Waals surface area contributed by atoms with Crippen LogP contribution in [0.2, 0.25) is 0 Å². The molecule has 0 fully saturated rings. The largest absolute Gasteiger partial charge is 0.237 e. The summed E-state index contributed by atoms with van der Waals surface area (Å²) in [6.07, 6.45) is 0.364. The third kappa shape index (κ3) is 5.87. The van der Waals surface area contributed by atoms with E-state index in [1.807, 2.05) is 0 Å². The molecule has 8 heavy (non-hydrogen) atoms. The molecule has 0 saturated heterocycles. The maximum absolute atomic E-state index is 9.70. The molecule has 0 aromatic heterocycles. The van der Waals surface area contributed by atoms with E-state index in [0.717, 1.165) is 0 Å². The van der Waals surface area contributed by atoms with Crippen LogP contribution in [0.25, 0.3) is 0 Å². The van der Waals surface area contributed by atoms with E-state index in [-0.39, 0.29) is 13.2 Å². The molecule has 0 spiro atoms. The fraction of sp³-hybridized carbons (Fsp3) is 1.00. The molecule has 0 heterocycles. The highest BCUT2D eigenvalue weighted by molar-refractivity contribution is 7.70. The fourth-order valence-corrected chi connectivity index (χ4v) is 0.583. The summed E-state index contributed by atoms with van der Waals surface area (Å²) in [5, 5.41) is 9.67. The zero-order valence-corrected chi connectivity index (χ0v) is 5.19. The highest BCUT2D eigenvalue weighted by Gasteiger charge is 1.83. The van der Waals surface area contributed by atoms with Gasteiger partial charge in [-0.2, -0.15) is 0 Å². The van der Waals surface area contributed by atoms with E-state index >= 15 is 0 Å². The molecule has 49 valence electrons. The van der Waals surface area contributed by atoms with Gasteiger partial charge in [0.25, 0.3) is 0 Å². The standard InChI is InChI=1S/C3H8NO3S/c5-3-1-2-4-8(6)7/h8H,1-3H2,(H,4,6,7). The lowest BCUT2D eigenvalue weighted by Gasteiger charge is -1.88. The first-order valence-electron chi connectivity index (χ1n) is 2.23. The van der Waals surface area contributed by atoms with Gasteiger partial charge in [-0.3, -0.25) is 0 Å². The molecule has 0 aliphatic rings. The Labute approximate surface area is 49.6 Å². The molecule has 0 bridgehead atoms. The Morgan fingerprint density at radius 1 is 1.38 bits per heavy atom. The third-order valence-electron chi connectivity index (χ3n) is 0.562. The number of thiol groups is 1. The van der Waals surface area contributed by atoms with Gasteiger partial charge in [0.2, 0.25) is 10.9 Å². The van der Waals surface area contributed by atoms with Gasteiger partial charge in [-0.15, -0.1) is 0 Å². The van der Waals surface area contributed by atoms with Crippen LogP contribution in [0.3, 0.4) is 0 Å². The van der Waals surface area contributed by atoms with E-state index in [0.29, 0.717) is 6.42 Å². The minimum absolute atomic E-state index is 0.226. The van der Waals surface area contributed by atoms with Crippen LogP contribution >= 0.6 is 0 Å². The quantitative estimate of drug-likeness (QED) is 0.383. The summed E-state index contributed by atoms with van der Waals surface area (Å²) in [5.74, 6) is 0. The van der Waals surface area contributed by atoms with Gasteiger partial charge in [-0.05, 0) is 6.42 Å². The smallest absolute Gasteiger partial charge is 0.201 e. The van der Waals surface area contributed by atoms with E-state index in [1.54, 1.807) is 0 Å². The van der Waals surface area contributed by atoms with Crippen molar-refractivity contribution in [2.24, 2.45) is 0 Å². The number of hydrogen-bond donors (Lipinski definition) is 2. The van der Waals surface area contributed by atoms with E-state index in [9.17, 15) is 13.5 Å². The summed E-state index contributed by atoms with van der Waals surface area (Å²) in [6.45, 7) is 0.0401. The maximum atomic E-state index is 9.70. The molecule has 1 N–H and O–H groups in total. The molecule has 0 aliphatic carbocycles. The predicted octanol–water partition coefficient (Wildman–Crippen LogP) is -1.08. The van der Waals surface area contributed by atoms with Crippen LogP contribution in [0, 0.1) is 0 Å². The van der Waals surface area contributed by atoms with Crippen molar-refractivity contribution in [2.75, 3.05) is 13.2 Å². The lowest BCUT2D eigenvalue weighted by atomic mass is 10.5. The Morgan fingerprint density at radius 3 is 2.38 bits per heavy atom. The van der Waals surface area contributed by atoms with Gasteiger partial charge < -0.3 is 0 Å². The molecule has 0 aromatic carbocycles. The van der Waals surface area contributed by atoms with Crippen molar-refractivity contribution in [1.29, 1.82) is 0 Å². The monoisotopic (exact) mass is 138 g/mol. The molecule has 0 aliphatic heterocycles. The second kappa shape index (κ2) is 5.02. The zero-order chi connectivity index (χ0) is 6.41. The van der Waals surface area contributed by atoms with E-state index in [4.69, 9.17) is 0 Å². The van der Waals surface area contributed by atoms with Crippen LogP contribution in [0.5, 0.6) is 0 Å². The second-order valence-corrected chi connectivity index (χ2v) is 2.05. The Kier molecular flexibility index (Phi) is 4.93. The molecule has 5 heteroatoms. The van der Waals surface area contributed by atoms with Crippen molar-refractivity contribution in [1.82, 2.24) is 4.72 Å². The predicted molar refractivity (Wildman–Crippen MR) is 28.5 cm³/mol. The van der Waals surface area contributed by atoms with Crippen molar-refractivity contribution in [3.05, 3.63) is 0 Å². The summed E-state index contributed by atoms with van der Waals surface area (Å²) in [5.41, 5.74) is 0. The van der Waals surface area contributed by atoms with Gasteiger partial charge in [-0.1, -0.05) is 0 Å². The number of rotatable bonds is 4. The molecule has 4 nitrogen and oxygen atoms in total. The van der Waals surface area contributed by atoms with Gasteiger partial charge in [0.15, 0.2) is 0 Å². The van der Waals surface area contributed by atoms with Crippen LogP contribution < -0.4 is 4.72 Å². The third-order valence-corrected chi connectivity index (χ3v) is 1.04. The van der Waals surface area contributed by atoms with Gasteiger partial charge in [0.05, 0.1) is 6.61 Å². The van der Waals surface area contributed by atoms with E-state index < -0.39 is 10.9 Å².